The number of benzene rings is 1. The summed E-state index contributed by atoms with van der Waals surface area (Å²) in [6, 6.07) is 6.37. The number of anilines is 1. The number of thiazole rings is 1. The third-order valence-electron chi connectivity index (χ3n) is 5.56. The Hall–Kier alpha value is -2.03. The van der Waals surface area contributed by atoms with Gasteiger partial charge in [0, 0.05) is 49.9 Å². The van der Waals surface area contributed by atoms with E-state index in [1.54, 1.807) is 33.4 Å². The summed E-state index contributed by atoms with van der Waals surface area (Å²) in [5.74, 6) is -0.296. The number of hydrogen-bond donors (Lipinski definition) is 0. The van der Waals surface area contributed by atoms with Crippen LogP contribution in [0.15, 0.2) is 24.4 Å². The minimum Gasteiger partial charge on any atom is -0.360 e. The molecule has 3 aromatic heterocycles. The Kier molecular flexibility index (Phi) is 4.37. The van der Waals surface area contributed by atoms with Crippen LogP contribution in [-0.4, -0.2) is 52.4 Å². The fourth-order valence-electron chi connectivity index (χ4n) is 3.92. The van der Waals surface area contributed by atoms with Crippen LogP contribution in [0.1, 0.15) is 13.3 Å². The molecule has 8 heteroatoms. The van der Waals surface area contributed by atoms with Crippen LogP contribution < -0.4 is 4.90 Å². The van der Waals surface area contributed by atoms with E-state index in [0.29, 0.717) is 11.6 Å². The smallest absolute Gasteiger partial charge is 0.152 e. The van der Waals surface area contributed by atoms with E-state index in [4.69, 9.17) is 4.98 Å². The van der Waals surface area contributed by atoms with E-state index in [-0.39, 0.29) is 5.82 Å². The van der Waals surface area contributed by atoms with Gasteiger partial charge in [-0.15, -0.1) is 11.3 Å². The van der Waals surface area contributed by atoms with E-state index in [0.717, 1.165) is 46.8 Å². The molecule has 1 saturated heterocycles. The Morgan fingerprint density at radius 2 is 2.04 bits per heavy atom. The Bertz CT molecular complexity index is 1130. The number of likely N-dealkylation sites (N-methyl/N-ethyl adjacent to an activating group) is 1. The van der Waals surface area contributed by atoms with E-state index in [2.05, 4.69) is 34.9 Å². The van der Waals surface area contributed by atoms with E-state index in [9.17, 15) is 4.39 Å². The third-order valence-corrected chi connectivity index (χ3v) is 7.83. The standard InChI is InChI=1S/C20H22FN5S2/c1-4-14-11-26(6-5-24(14)2)17-9-16-20(28-17)22-19(27-16)12-7-13-10-25(3)23-18(13)15(21)8-12/h7-10,14H,4-6,11H2,1-3H3. The van der Waals surface area contributed by atoms with E-state index >= 15 is 0 Å². The molecule has 5 rings (SSSR count). The van der Waals surface area contributed by atoms with Crippen LogP contribution in [0.2, 0.25) is 0 Å². The molecule has 1 aliphatic heterocycles. The van der Waals surface area contributed by atoms with Crippen LogP contribution in [-0.2, 0) is 7.05 Å². The Labute approximate surface area is 171 Å². The highest BCUT2D eigenvalue weighted by Gasteiger charge is 2.25. The highest BCUT2D eigenvalue weighted by Crippen LogP contribution is 2.40. The van der Waals surface area contributed by atoms with Gasteiger partial charge in [-0.25, -0.2) is 9.37 Å². The molecule has 146 valence electrons. The third kappa shape index (κ3) is 3.00. The van der Waals surface area contributed by atoms with Crippen molar-refractivity contribution in [1.82, 2.24) is 19.7 Å². The lowest BCUT2D eigenvalue weighted by molar-refractivity contribution is 0.214. The van der Waals surface area contributed by atoms with Crippen molar-refractivity contribution in [3.05, 3.63) is 30.2 Å². The van der Waals surface area contributed by atoms with Crippen molar-refractivity contribution in [3.8, 4) is 10.6 Å². The fraction of sp³-hybridized carbons (Fsp3) is 0.400. The maximum Gasteiger partial charge on any atom is 0.152 e. The summed E-state index contributed by atoms with van der Waals surface area (Å²) in [6.45, 7) is 5.46. The van der Waals surface area contributed by atoms with Crippen LogP contribution in [0.4, 0.5) is 9.39 Å². The van der Waals surface area contributed by atoms with Crippen LogP contribution >= 0.6 is 22.7 Å². The van der Waals surface area contributed by atoms with Gasteiger partial charge in [0.05, 0.1) is 9.70 Å². The molecular formula is C20H22FN5S2. The number of nitrogens with zero attached hydrogens (tertiary/aromatic N) is 5. The highest BCUT2D eigenvalue weighted by atomic mass is 32.1. The van der Waals surface area contributed by atoms with Gasteiger partial charge >= 0.3 is 0 Å². The number of piperazine rings is 1. The zero-order valence-electron chi connectivity index (χ0n) is 16.1. The molecule has 5 nitrogen and oxygen atoms in total. The van der Waals surface area contributed by atoms with Gasteiger partial charge in [0.25, 0.3) is 0 Å². The molecule has 0 spiro atoms. The summed E-state index contributed by atoms with van der Waals surface area (Å²) in [5, 5.41) is 7.14. The van der Waals surface area contributed by atoms with Crippen molar-refractivity contribution in [2.45, 2.75) is 19.4 Å². The first-order valence-corrected chi connectivity index (χ1v) is 11.1. The topological polar surface area (TPSA) is 37.2 Å². The van der Waals surface area contributed by atoms with Gasteiger partial charge in [0.1, 0.15) is 15.4 Å². The molecule has 0 bridgehead atoms. The number of rotatable bonds is 3. The van der Waals surface area contributed by atoms with Gasteiger partial charge in [-0.1, -0.05) is 18.3 Å². The molecule has 0 amide bonds. The summed E-state index contributed by atoms with van der Waals surface area (Å²) < 4.78 is 17.2. The molecule has 0 radical (unpaired) electrons. The largest absolute Gasteiger partial charge is 0.360 e. The second-order valence-electron chi connectivity index (χ2n) is 7.46. The van der Waals surface area contributed by atoms with Crippen LogP contribution in [0.3, 0.4) is 0 Å². The first-order valence-electron chi connectivity index (χ1n) is 9.50. The van der Waals surface area contributed by atoms with Crippen LogP contribution in [0.5, 0.6) is 0 Å². The van der Waals surface area contributed by atoms with Crippen molar-refractivity contribution >= 4 is 48.1 Å². The zero-order valence-corrected chi connectivity index (χ0v) is 17.8. The lowest BCUT2D eigenvalue weighted by Gasteiger charge is -2.39. The number of aryl methyl sites for hydroxylation is 1. The molecular weight excluding hydrogens is 393 g/mol. The van der Waals surface area contributed by atoms with E-state index in [1.807, 2.05) is 19.3 Å². The summed E-state index contributed by atoms with van der Waals surface area (Å²) in [4.78, 5) is 10.8. The van der Waals surface area contributed by atoms with Crippen molar-refractivity contribution in [3.63, 3.8) is 0 Å². The highest BCUT2D eigenvalue weighted by molar-refractivity contribution is 7.30. The molecule has 4 heterocycles. The second-order valence-corrected chi connectivity index (χ2v) is 9.50. The molecule has 0 aliphatic carbocycles. The number of hydrogen-bond acceptors (Lipinski definition) is 6. The summed E-state index contributed by atoms with van der Waals surface area (Å²) in [6.07, 6.45) is 3.00. The normalized spacial score (nSPS) is 18.6. The fourth-order valence-corrected chi connectivity index (χ4v) is 6.16. The minimum atomic E-state index is -0.296. The molecule has 1 atom stereocenters. The van der Waals surface area contributed by atoms with Gasteiger partial charge in [-0.2, -0.15) is 5.10 Å². The van der Waals surface area contributed by atoms with Gasteiger partial charge in [-0.3, -0.25) is 9.58 Å². The molecule has 1 fully saturated rings. The number of fused-ring (bicyclic) bond motifs is 2. The average molecular weight is 416 g/mol. The average Bonchev–Trinajstić information content (AvgIpc) is 3.34. The van der Waals surface area contributed by atoms with E-state index in [1.165, 1.54) is 9.70 Å². The second kappa shape index (κ2) is 6.79. The van der Waals surface area contributed by atoms with Gasteiger partial charge < -0.3 is 4.90 Å². The Balaban J connectivity index is 1.46. The molecule has 28 heavy (non-hydrogen) atoms. The molecule has 0 N–H and O–H groups in total. The quantitative estimate of drug-likeness (QED) is 0.491. The number of thiophene rings is 1. The first kappa shape index (κ1) is 18.0. The summed E-state index contributed by atoms with van der Waals surface area (Å²) >= 11 is 3.38. The predicted octanol–water partition coefficient (Wildman–Crippen LogP) is 4.58. The summed E-state index contributed by atoms with van der Waals surface area (Å²) in [7, 11) is 4.02. The van der Waals surface area contributed by atoms with Gasteiger partial charge in [0.2, 0.25) is 0 Å². The number of aromatic nitrogens is 3. The molecule has 1 aromatic carbocycles. The lowest BCUT2D eigenvalue weighted by Crippen LogP contribution is -2.51. The van der Waals surface area contributed by atoms with Gasteiger partial charge in [-0.05, 0) is 31.7 Å². The molecule has 4 aromatic rings. The Morgan fingerprint density at radius 1 is 1.18 bits per heavy atom. The predicted molar refractivity (Wildman–Crippen MR) is 116 cm³/mol. The maximum atomic E-state index is 14.4. The molecule has 1 unspecified atom stereocenters. The lowest BCUT2D eigenvalue weighted by atomic mass is 10.1. The van der Waals surface area contributed by atoms with Crippen LogP contribution in [0, 0.1) is 5.82 Å². The minimum absolute atomic E-state index is 0.296. The first-order chi connectivity index (χ1) is 13.5. The SMILES string of the molecule is CCC1CN(c2cc3sc(-c4cc(F)c5nn(C)cc5c4)nc3s2)CCN1C. The molecule has 1 aliphatic rings. The molecule has 0 saturated carbocycles. The van der Waals surface area contributed by atoms with Crippen molar-refractivity contribution in [2.24, 2.45) is 7.05 Å². The number of halogens is 1. The van der Waals surface area contributed by atoms with Crippen molar-refractivity contribution in [2.75, 3.05) is 31.6 Å². The zero-order chi connectivity index (χ0) is 19.4. The monoisotopic (exact) mass is 415 g/mol. The van der Waals surface area contributed by atoms with Gasteiger partial charge in [0.15, 0.2) is 5.82 Å². The van der Waals surface area contributed by atoms with Crippen molar-refractivity contribution < 1.29 is 4.39 Å². The van der Waals surface area contributed by atoms with Crippen LogP contribution in [0.25, 0.3) is 31.0 Å². The summed E-state index contributed by atoms with van der Waals surface area (Å²) in [5.41, 5.74) is 1.23. The van der Waals surface area contributed by atoms with E-state index < -0.39 is 0 Å². The Morgan fingerprint density at radius 3 is 2.82 bits per heavy atom. The maximum absolute atomic E-state index is 14.4. The van der Waals surface area contributed by atoms with Crippen molar-refractivity contribution in [1.29, 1.82) is 0 Å².